The minimum absolute atomic E-state index is 0.253. The highest BCUT2D eigenvalue weighted by atomic mass is 19.1. The Morgan fingerprint density at radius 1 is 1.35 bits per heavy atom. The molecule has 0 aliphatic carbocycles. The van der Waals surface area contributed by atoms with Crippen LogP contribution >= 0.6 is 0 Å². The van der Waals surface area contributed by atoms with E-state index in [1.807, 2.05) is 6.92 Å². The van der Waals surface area contributed by atoms with E-state index >= 15 is 0 Å². The second-order valence-electron chi connectivity index (χ2n) is 5.53. The molecule has 3 nitrogen and oxygen atoms in total. The number of ether oxygens (including phenoxy) is 1. The Hall–Kier alpha value is -1.39. The summed E-state index contributed by atoms with van der Waals surface area (Å²) in [6.07, 6.45) is 0. The predicted molar refractivity (Wildman–Crippen MR) is 78.2 cm³/mol. The molecule has 0 atom stereocenters. The molecule has 1 aromatic heterocycles. The van der Waals surface area contributed by atoms with Gasteiger partial charge >= 0.3 is 0 Å². The Balaban J connectivity index is 2.40. The number of fused-ring (bicyclic) bond motifs is 1. The van der Waals surface area contributed by atoms with Crippen molar-refractivity contribution in [1.82, 2.24) is 5.32 Å². The number of hydrogen-bond donors (Lipinski definition) is 1. The molecule has 0 radical (unpaired) electrons. The molecule has 1 heterocycles. The van der Waals surface area contributed by atoms with Crippen LogP contribution < -0.4 is 5.32 Å². The van der Waals surface area contributed by atoms with Crippen LogP contribution in [0.15, 0.2) is 16.5 Å². The Morgan fingerprint density at radius 3 is 2.75 bits per heavy atom. The van der Waals surface area contributed by atoms with Crippen molar-refractivity contribution in [2.24, 2.45) is 5.92 Å². The molecule has 0 aliphatic rings. The first-order valence-corrected chi connectivity index (χ1v) is 6.93. The molecule has 20 heavy (non-hydrogen) atoms. The highest BCUT2D eigenvalue weighted by Gasteiger charge is 2.18. The number of methoxy groups -OCH3 is 1. The summed E-state index contributed by atoms with van der Waals surface area (Å²) >= 11 is 0. The van der Waals surface area contributed by atoms with Gasteiger partial charge in [0.15, 0.2) is 0 Å². The Bertz CT molecular complexity index is 590. The molecule has 110 valence electrons. The standard InChI is InChI=1S/C16H22FNO2/c1-10(2)7-18-8-14-12(9-19-4)15-13(17)6-5-11(3)16(15)20-14/h5-6,10,18H,7-9H2,1-4H3. The average Bonchev–Trinajstić information content (AvgIpc) is 2.75. The molecule has 0 bridgehead atoms. The number of aryl methyl sites for hydroxylation is 1. The molecule has 1 N–H and O–H groups in total. The third kappa shape index (κ3) is 3.02. The summed E-state index contributed by atoms with van der Waals surface area (Å²) in [7, 11) is 1.61. The number of rotatable bonds is 6. The van der Waals surface area contributed by atoms with Gasteiger partial charge in [-0.05, 0) is 31.0 Å². The Morgan fingerprint density at radius 2 is 2.10 bits per heavy atom. The first-order valence-electron chi connectivity index (χ1n) is 6.93. The molecular formula is C16H22FNO2. The monoisotopic (exact) mass is 279 g/mol. The van der Waals surface area contributed by atoms with E-state index in [1.54, 1.807) is 13.2 Å². The Labute approximate surface area is 119 Å². The van der Waals surface area contributed by atoms with Crippen molar-refractivity contribution in [2.45, 2.75) is 33.9 Å². The first-order chi connectivity index (χ1) is 9.54. The molecule has 2 rings (SSSR count). The van der Waals surface area contributed by atoms with Crippen molar-refractivity contribution in [2.75, 3.05) is 13.7 Å². The van der Waals surface area contributed by atoms with Gasteiger partial charge in [0.05, 0.1) is 18.5 Å². The van der Waals surface area contributed by atoms with Gasteiger partial charge in [-0.25, -0.2) is 4.39 Å². The minimum Gasteiger partial charge on any atom is -0.459 e. The van der Waals surface area contributed by atoms with E-state index in [0.29, 0.717) is 30.0 Å². The molecule has 4 heteroatoms. The second kappa shape index (κ2) is 6.37. The van der Waals surface area contributed by atoms with Gasteiger partial charge in [-0.15, -0.1) is 0 Å². The van der Waals surface area contributed by atoms with E-state index in [2.05, 4.69) is 19.2 Å². The van der Waals surface area contributed by atoms with Gasteiger partial charge in [-0.2, -0.15) is 0 Å². The van der Waals surface area contributed by atoms with Gasteiger partial charge in [0.25, 0.3) is 0 Å². The zero-order valence-electron chi connectivity index (χ0n) is 12.5. The molecule has 0 aliphatic heterocycles. The quantitative estimate of drug-likeness (QED) is 0.874. The maximum atomic E-state index is 14.1. The lowest BCUT2D eigenvalue weighted by atomic mass is 10.1. The molecule has 2 aromatic rings. The average molecular weight is 279 g/mol. The van der Waals surface area contributed by atoms with Gasteiger partial charge in [-0.3, -0.25) is 0 Å². The van der Waals surface area contributed by atoms with E-state index in [-0.39, 0.29) is 5.82 Å². The first kappa shape index (κ1) is 15.0. The van der Waals surface area contributed by atoms with Gasteiger partial charge < -0.3 is 14.5 Å². The zero-order chi connectivity index (χ0) is 14.7. The number of furan rings is 1. The second-order valence-corrected chi connectivity index (χ2v) is 5.53. The zero-order valence-corrected chi connectivity index (χ0v) is 12.5. The lowest BCUT2D eigenvalue weighted by Gasteiger charge is -2.07. The molecule has 0 unspecified atom stereocenters. The van der Waals surface area contributed by atoms with E-state index in [1.165, 1.54) is 6.07 Å². The normalized spacial score (nSPS) is 11.7. The maximum absolute atomic E-state index is 14.1. The van der Waals surface area contributed by atoms with Crippen LogP contribution in [0.25, 0.3) is 11.0 Å². The molecule has 0 fully saturated rings. The van der Waals surface area contributed by atoms with Gasteiger partial charge in [-0.1, -0.05) is 19.9 Å². The van der Waals surface area contributed by atoms with Crippen LogP contribution in [0.4, 0.5) is 4.39 Å². The highest BCUT2D eigenvalue weighted by Crippen LogP contribution is 2.31. The fraction of sp³-hybridized carbons (Fsp3) is 0.500. The number of halogens is 1. The molecule has 0 saturated carbocycles. The topological polar surface area (TPSA) is 34.4 Å². The lowest BCUT2D eigenvalue weighted by Crippen LogP contribution is -2.19. The highest BCUT2D eigenvalue weighted by molar-refractivity contribution is 5.85. The summed E-state index contributed by atoms with van der Waals surface area (Å²) in [6.45, 7) is 8.05. The fourth-order valence-corrected chi connectivity index (χ4v) is 2.31. The van der Waals surface area contributed by atoms with Gasteiger partial charge in [0.1, 0.15) is 17.2 Å². The van der Waals surface area contributed by atoms with E-state index in [0.717, 1.165) is 23.4 Å². The third-order valence-corrected chi connectivity index (χ3v) is 3.29. The summed E-state index contributed by atoms with van der Waals surface area (Å²) in [6, 6.07) is 3.22. The van der Waals surface area contributed by atoms with E-state index in [4.69, 9.17) is 9.15 Å². The summed E-state index contributed by atoms with van der Waals surface area (Å²) in [5.41, 5.74) is 2.37. The van der Waals surface area contributed by atoms with Crippen LogP contribution in [0.2, 0.25) is 0 Å². The molecular weight excluding hydrogens is 257 g/mol. The number of hydrogen-bond acceptors (Lipinski definition) is 3. The predicted octanol–water partition coefficient (Wildman–Crippen LogP) is 3.77. The van der Waals surface area contributed by atoms with Crippen molar-refractivity contribution in [1.29, 1.82) is 0 Å². The SMILES string of the molecule is COCc1c(CNCC(C)C)oc2c(C)ccc(F)c12. The molecule has 1 aromatic carbocycles. The summed E-state index contributed by atoms with van der Waals surface area (Å²) < 4.78 is 25.1. The van der Waals surface area contributed by atoms with Crippen molar-refractivity contribution < 1.29 is 13.5 Å². The van der Waals surface area contributed by atoms with Crippen molar-refractivity contribution in [3.63, 3.8) is 0 Å². The largest absolute Gasteiger partial charge is 0.459 e. The van der Waals surface area contributed by atoms with Crippen LogP contribution in [-0.2, 0) is 17.9 Å². The van der Waals surface area contributed by atoms with Crippen molar-refractivity contribution >= 4 is 11.0 Å². The molecule has 0 amide bonds. The van der Waals surface area contributed by atoms with Crippen LogP contribution in [-0.4, -0.2) is 13.7 Å². The van der Waals surface area contributed by atoms with Gasteiger partial charge in [0, 0.05) is 12.7 Å². The van der Waals surface area contributed by atoms with Crippen LogP contribution in [0.5, 0.6) is 0 Å². The van der Waals surface area contributed by atoms with Crippen molar-refractivity contribution in [3.05, 3.63) is 34.8 Å². The van der Waals surface area contributed by atoms with Crippen LogP contribution in [0, 0.1) is 18.7 Å². The van der Waals surface area contributed by atoms with E-state index < -0.39 is 0 Å². The third-order valence-electron chi connectivity index (χ3n) is 3.29. The lowest BCUT2D eigenvalue weighted by molar-refractivity contribution is 0.183. The minimum atomic E-state index is -0.253. The maximum Gasteiger partial charge on any atom is 0.140 e. The number of benzene rings is 1. The number of nitrogens with one attached hydrogen (secondary N) is 1. The Kier molecular flexibility index (Phi) is 4.78. The van der Waals surface area contributed by atoms with Crippen molar-refractivity contribution in [3.8, 4) is 0 Å². The molecule has 0 saturated heterocycles. The van der Waals surface area contributed by atoms with Crippen LogP contribution in [0.1, 0.15) is 30.7 Å². The van der Waals surface area contributed by atoms with E-state index in [9.17, 15) is 4.39 Å². The fourth-order valence-electron chi connectivity index (χ4n) is 2.31. The van der Waals surface area contributed by atoms with Gasteiger partial charge in [0.2, 0.25) is 0 Å². The summed E-state index contributed by atoms with van der Waals surface area (Å²) in [5.74, 6) is 1.07. The summed E-state index contributed by atoms with van der Waals surface area (Å²) in [4.78, 5) is 0. The summed E-state index contributed by atoms with van der Waals surface area (Å²) in [5, 5.41) is 3.88. The smallest absolute Gasteiger partial charge is 0.140 e. The van der Waals surface area contributed by atoms with Crippen LogP contribution in [0.3, 0.4) is 0 Å². The molecule has 0 spiro atoms.